The van der Waals surface area contributed by atoms with E-state index in [0.29, 0.717) is 25.7 Å². The summed E-state index contributed by atoms with van der Waals surface area (Å²) in [5, 5.41) is 14.4. The van der Waals surface area contributed by atoms with Gasteiger partial charge < -0.3 is 20.1 Å². The van der Waals surface area contributed by atoms with Crippen molar-refractivity contribution in [3.8, 4) is 0 Å². The lowest BCUT2D eigenvalue weighted by Gasteiger charge is -2.34. The van der Waals surface area contributed by atoms with Crippen LogP contribution in [-0.2, 0) is 24.2 Å². The molecule has 2 heterocycles. The summed E-state index contributed by atoms with van der Waals surface area (Å²) in [6.07, 6.45) is 5.96. The maximum Gasteiger partial charge on any atom is 0.254 e. The molecule has 6 nitrogen and oxygen atoms in total. The molecule has 0 aliphatic carbocycles. The minimum Gasteiger partial charge on any atom is -0.390 e. The summed E-state index contributed by atoms with van der Waals surface area (Å²) < 4.78 is 0. The van der Waals surface area contributed by atoms with Gasteiger partial charge in [0.05, 0.1) is 6.10 Å². The van der Waals surface area contributed by atoms with Crippen LogP contribution in [0.5, 0.6) is 0 Å². The Bertz CT molecular complexity index is 1030. The van der Waals surface area contributed by atoms with E-state index in [2.05, 4.69) is 60.5 Å². The van der Waals surface area contributed by atoms with Gasteiger partial charge in [0, 0.05) is 50.0 Å². The molecule has 2 aromatic rings. The quantitative estimate of drug-likeness (QED) is 0.469. The van der Waals surface area contributed by atoms with E-state index in [9.17, 15) is 14.7 Å². The number of rotatable bonds is 10. The first-order chi connectivity index (χ1) is 17.8. The van der Waals surface area contributed by atoms with Gasteiger partial charge in [0.25, 0.3) is 5.91 Å². The number of benzene rings is 2. The van der Waals surface area contributed by atoms with E-state index in [-0.39, 0.29) is 11.7 Å². The Kier molecular flexibility index (Phi) is 11.2. The van der Waals surface area contributed by atoms with Gasteiger partial charge in [-0.3, -0.25) is 9.69 Å². The molecule has 2 aromatic carbocycles. The van der Waals surface area contributed by atoms with Crippen molar-refractivity contribution in [2.75, 3.05) is 31.5 Å². The van der Waals surface area contributed by atoms with Crippen molar-refractivity contribution in [3.63, 3.8) is 0 Å². The summed E-state index contributed by atoms with van der Waals surface area (Å²) in [6.45, 7) is 11.0. The number of hydrogen-bond donors (Lipinski definition) is 2. The number of amides is 1. The summed E-state index contributed by atoms with van der Waals surface area (Å²) in [4.78, 5) is 26.8. The molecule has 0 saturated carbocycles. The topological polar surface area (TPSA) is 72.9 Å². The number of carbonyl (C=O) groups is 2. The zero-order valence-corrected chi connectivity index (χ0v) is 23.1. The van der Waals surface area contributed by atoms with E-state index < -0.39 is 6.10 Å². The van der Waals surface area contributed by atoms with Crippen molar-refractivity contribution in [1.29, 1.82) is 0 Å². The van der Waals surface area contributed by atoms with Gasteiger partial charge in [-0.1, -0.05) is 57.0 Å². The molecule has 2 aliphatic rings. The second kappa shape index (κ2) is 14.3. The minimum atomic E-state index is -0.541. The minimum absolute atomic E-state index is 0.0459. The zero-order valence-electron chi connectivity index (χ0n) is 23.1. The first-order valence-electron chi connectivity index (χ1n) is 13.9. The van der Waals surface area contributed by atoms with Crippen LogP contribution in [0.1, 0.15) is 80.4 Å². The van der Waals surface area contributed by atoms with E-state index in [1.165, 1.54) is 37.8 Å². The number of aliphatic hydroxyl groups excluding tert-OH is 1. The van der Waals surface area contributed by atoms with Crippen molar-refractivity contribution in [2.24, 2.45) is 0 Å². The third kappa shape index (κ3) is 8.68. The molecule has 2 atom stereocenters. The summed E-state index contributed by atoms with van der Waals surface area (Å²) in [6, 6.07) is 15.2. The van der Waals surface area contributed by atoms with Gasteiger partial charge in [0.2, 0.25) is 0 Å². The lowest BCUT2D eigenvalue weighted by Crippen LogP contribution is -2.46. The molecule has 4 rings (SSSR count). The Morgan fingerprint density at radius 1 is 1.00 bits per heavy atom. The molecule has 202 valence electrons. The Balaban J connectivity index is 0.000000886. The van der Waals surface area contributed by atoms with Gasteiger partial charge >= 0.3 is 0 Å². The standard InChI is InChI=1S/C28H39N3O2.C3H6O/c1-3-5-10-24(4-2)29-25-12-11-22-14-16-31(28(33)27(22)17-25)20-26(32)19-30-15-13-21-8-6-7-9-23(21)18-30;1-3(2)4/h6-9,11-12,17,24,26,29,32H,3-5,10,13-16,18-20H2,1-2H3;1-2H3. The number of hydrogen-bond acceptors (Lipinski definition) is 5. The van der Waals surface area contributed by atoms with Crippen LogP contribution < -0.4 is 5.32 Å². The fourth-order valence-electron chi connectivity index (χ4n) is 5.17. The highest BCUT2D eigenvalue weighted by Crippen LogP contribution is 2.25. The number of β-amino-alcohol motifs (C(OH)–C–C–N with tert-alkyl or cyclic N) is 1. The number of nitrogens with zero attached hydrogens (tertiary/aromatic N) is 2. The Morgan fingerprint density at radius 2 is 1.70 bits per heavy atom. The molecule has 0 saturated heterocycles. The van der Waals surface area contributed by atoms with E-state index in [0.717, 1.165) is 55.6 Å². The van der Waals surface area contributed by atoms with Gasteiger partial charge in [0.15, 0.2) is 0 Å². The summed E-state index contributed by atoms with van der Waals surface area (Å²) in [7, 11) is 0. The first-order valence-corrected chi connectivity index (χ1v) is 13.9. The molecule has 6 heteroatoms. The van der Waals surface area contributed by atoms with Crippen molar-refractivity contribution in [2.45, 2.75) is 84.9 Å². The highest BCUT2D eigenvalue weighted by molar-refractivity contribution is 5.97. The average Bonchev–Trinajstić information content (AvgIpc) is 2.88. The number of Topliss-reactive ketones (excluding diaryl/α,β-unsaturated/α-hetero) is 1. The lowest BCUT2D eigenvalue weighted by molar-refractivity contribution is -0.115. The van der Waals surface area contributed by atoms with Gasteiger partial charge in [0.1, 0.15) is 5.78 Å². The molecule has 0 aromatic heterocycles. The van der Waals surface area contributed by atoms with Crippen LogP contribution >= 0.6 is 0 Å². The smallest absolute Gasteiger partial charge is 0.254 e. The monoisotopic (exact) mass is 507 g/mol. The molecule has 2 N–H and O–H groups in total. The number of ketones is 1. The van der Waals surface area contributed by atoms with Crippen LogP contribution in [0, 0.1) is 0 Å². The fraction of sp³-hybridized carbons (Fsp3) is 0.548. The number of carbonyl (C=O) groups excluding carboxylic acids is 2. The first kappa shape index (κ1) is 28.9. The number of unbranched alkanes of at least 4 members (excludes halogenated alkanes) is 1. The Hall–Kier alpha value is -2.70. The van der Waals surface area contributed by atoms with Crippen molar-refractivity contribution in [1.82, 2.24) is 9.80 Å². The van der Waals surface area contributed by atoms with E-state index in [4.69, 9.17) is 0 Å². The maximum absolute atomic E-state index is 13.3. The largest absolute Gasteiger partial charge is 0.390 e. The fourth-order valence-corrected chi connectivity index (χ4v) is 5.17. The number of anilines is 1. The molecule has 37 heavy (non-hydrogen) atoms. The van der Waals surface area contributed by atoms with E-state index in [1.54, 1.807) is 0 Å². The molecule has 0 bridgehead atoms. The van der Waals surface area contributed by atoms with Gasteiger partial charge in [-0.25, -0.2) is 0 Å². The van der Waals surface area contributed by atoms with Crippen molar-refractivity contribution >= 4 is 17.4 Å². The van der Waals surface area contributed by atoms with Gasteiger partial charge in [-0.2, -0.15) is 0 Å². The molecular formula is C31H45N3O3. The number of fused-ring (bicyclic) bond motifs is 2. The molecule has 1 amide bonds. The summed E-state index contributed by atoms with van der Waals surface area (Å²) in [5.41, 5.74) is 5.69. The zero-order chi connectivity index (χ0) is 26.8. The normalized spacial score (nSPS) is 16.7. The predicted octanol–water partition coefficient (Wildman–Crippen LogP) is 5.08. The molecule has 0 spiro atoms. The summed E-state index contributed by atoms with van der Waals surface area (Å²) >= 11 is 0. The predicted molar refractivity (Wildman–Crippen MR) is 151 cm³/mol. The highest BCUT2D eigenvalue weighted by Gasteiger charge is 2.27. The third-order valence-corrected chi connectivity index (χ3v) is 7.16. The van der Waals surface area contributed by atoms with Crippen LogP contribution in [0.15, 0.2) is 42.5 Å². The van der Waals surface area contributed by atoms with Gasteiger partial charge in [-0.15, -0.1) is 0 Å². The Labute approximate surface area is 223 Å². The van der Waals surface area contributed by atoms with Crippen LogP contribution in [-0.4, -0.2) is 64.9 Å². The van der Waals surface area contributed by atoms with E-state index in [1.807, 2.05) is 11.0 Å². The van der Waals surface area contributed by atoms with Crippen LogP contribution in [0.4, 0.5) is 5.69 Å². The number of nitrogens with one attached hydrogen (secondary N) is 1. The van der Waals surface area contributed by atoms with Crippen molar-refractivity contribution < 1.29 is 14.7 Å². The molecule has 2 aliphatic heterocycles. The Morgan fingerprint density at radius 3 is 2.41 bits per heavy atom. The van der Waals surface area contributed by atoms with Gasteiger partial charge in [-0.05, 0) is 68.4 Å². The highest BCUT2D eigenvalue weighted by atomic mass is 16.3. The second-order valence-corrected chi connectivity index (χ2v) is 10.6. The summed E-state index contributed by atoms with van der Waals surface area (Å²) in [5.74, 6) is 0.213. The van der Waals surface area contributed by atoms with Crippen LogP contribution in [0.2, 0.25) is 0 Å². The van der Waals surface area contributed by atoms with E-state index >= 15 is 0 Å². The van der Waals surface area contributed by atoms with Crippen LogP contribution in [0.25, 0.3) is 0 Å². The van der Waals surface area contributed by atoms with Crippen molar-refractivity contribution in [3.05, 3.63) is 64.7 Å². The number of aliphatic hydroxyl groups is 1. The molecule has 0 radical (unpaired) electrons. The average molecular weight is 508 g/mol. The SMILES string of the molecule is CC(C)=O.CCCCC(CC)Nc1ccc2c(c1)C(=O)N(CC(O)CN1CCc3ccccc3C1)CC2. The molecule has 2 unspecified atom stereocenters. The maximum atomic E-state index is 13.3. The van der Waals surface area contributed by atoms with Crippen LogP contribution in [0.3, 0.4) is 0 Å². The molecular weight excluding hydrogens is 462 g/mol. The lowest BCUT2D eigenvalue weighted by atomic mass is 9.97. The third-order valence-electron chi connectivity index (χ3n) is 7.16. The second-order valence-electron chi connectivity index (χ2n) is 10.6. The molecule has 0 fully saturated rings.